The van der Waals surface area contributed by atoms with Gasteiger partial charge in [-0.25, -0.2) is 4.39 Å². The summed E-state index contributed by atoms with van der Waals surface area (Å²) in [5.41, 5.74) is 1.36. The lowest BCUT2D eigenvalue weighted by molar-refractivity contribution is 0.160. The van der Waals surface area contributed by atoms with Crippen LogP contribution in [0.2, 0.25) is 0 Å². The summed E-state index contributed by atoms with van der Waals surface area (Å²) in [4.78, 5) is 2.53. The molecule has 1 saturated heterocycles. The third-order valence-electron chi connectivity index (χ3n) is 5.06. The van der Waals surface area contributed by atoms with Crippen LogP contribution in [0.1, 0.15) is 44.6 Å². The zero-order valence-corrected chi connectivity index (χ0v) is 14.3. The Morgan fingerprint density at radius 1 is 1.33 bits per heavy atom. The van der Waals surface area contributed by atoms with Gasteiger partial charge in [-0.15, -0.1) is 0 Å². The van der Waals surface area contributed by atoms with Crippen LogP contribution >= 0.6 is 15.9 Å². The van der Waals surface area contributed by atoms with Gasteiger partial charge in [-0.2, -0.15) is 0 Å². The third-order valence-corrected chi connectivity index (χ3v) is 5.52. The Bertz CT molecular complexity index is 479. The fourth-order valence-corrected chi connectivity index (χ4v) is 4.38. The van der Waals surface area contributed by atoms with Gasteiger partial charge in [0.25, 0.3) is 0 Å². The van der Waals surface area contributed by atoms with Gasteiger partial charge in [0.15, 0.2) is 0 Å². The first-order valence-corrected chi connectivity index (χ1v) is 8.80. The molecule has 0 radical (unpaired) electrons. The lowest BCUT2D eigenvalue weighted by atomic mass is 9.96. The topological polar surface area (TPSA) is 15.3 Å². The van der Waals surface area contributed by atoms with E-state index in [2.05, 4.69) is 33.1 Å². The molecule has 2 nitrogen and oxygen atoms in total. The second-order valence-corrected chi connectivity index (χ2v) is 7.65. The average molecular weight is 355 g/mol. The molecule has 0 bridgehead atoms. The van der Waals surface area contributed by atoms with Crippen molar-refractivity contribution >= 4 is 15.9 Å². The highest BCUT2D eigenvalue weighted by Gasteiger charge is 2.37. The Kier molecular flexibility index (Phi) is 4.67. The highest BCUT2D eigenvalue weighted by atomic mass is 79.9. The summed E-state index contributed by atoms with van der Waals surface area (Å²) in [5, 5.41) is 3.80. The first kappa shape index (κ1) is 15.4. The molecule has 1 aliphatic heterocycles. The van der Waals surface area contributed by atoms with E-state index < -0.39 is 0 Å². The van der Waals surface area contributed by atoms with E-state index in [0.717, 1.165) is 36.1 Å². The first-order chi connectivity index (χ1) is 10.1. The van der Waals surface area contributed by atoms with E-state index in [4.69, 9.17) is 0 Å². The van der Waals surface area contributed by atoms with Gasteiger partial charge in [0, 0.05) is 29.1 Å². The molecule has 116 valence electrons. The summed E-state index contributed by atoms with van der Waals surface area (Å²) in [7, 11) is 0. The maximum atomic E-state index is 13.6. The maximum absolute atomic E-state index is 13.6. The van der Waals surface area contributed by atoms with Crippen LogP contribution in [0.25, 0.3) is 0 Å². The third kappa shape index (κ3) is 3.66. The van der Waals surface area contributed by atoms with E-state index in [1.165, 1.54) is 31.7 Å². The molecule has 21 heavy (non-hydrogen) atoms. The molecule has 1 spiro atoms. The number of nitrogens with zero attached hydrogens (tertiary/aromatic N) is 1. The van der Waals surface area contributed by atoms with Crippen molar-refractivity contribution in [2.75, 3.05) is 13.1 Å². The Hall–Kier alpha value is -0.450. The summed E-state index contributed by atoms with van der Waals surface area (Å²) in [6.45, 7) is 5.32. The lowest BCUT2D eigenvalue weighted by Gasteiger charge is -2.35. The van der Waals surface area contributed by atoms with Crippen molar-refractivity contribution in [3.63, 3.8) is 0 Å². The van der Waals surface area contributed by atoms with Crippen molar-refractivity contribution in [2.24, 2.45) is 0 Å². The summed E-state index contributed by atoms with van der Waals surface area (Å²) in [5.74, 6) is -0.157. The standard InChI is InChI=1S/C17H24BrFN2/c1-13-4-7-20-17(5-2-3-6-17)12-21(13)11-14-8-15(18)10-16(19)9-14/h8-10,13,20H,2-7,11-12H2,1H3. The summed E-state index contributed by atoms with van der Waals surface area (Å²) in [6.07, 6.45) is 6.39. The number of hydrogen-bond acceptors (Lipinski definition) is 2. The Labute approximate surface area is 135 Å². The fourth-order valence-electron chi connectivity index (χ4n) is 3.86. The van der Waals surface area contributed by atoms with E-state index in [-0.39, 0.29) is 5.82 Å². The van der Waals surface area contributed by atoms with Gasteiger partial charge in [0.05, 0.1) is 0 Å². The molecule has 1 saturated carbocycles. The SMILES string of the molecule is CC1CCNC2(CCCC2)CN1Cc1cc(F)cc(Br)c1. The molecule has 2 aliphatic rings. The molecule has 1 aromatic rings. The maximum Gasteiger partial charge on any atom is 0.124 e. The van der Waals surface area contributed by atoms with Gasteiger partial charge in [0.2, 0.25) is 0 Å². The van der Waals surface area contributed by atoms with E-state index >= 15 is 0 Å². The van der Waals surface area contributed by atoms with Crippen LogP contribution < -0.4 is 5.32 Å². The molecule has 1 aliphatic carbocycles. The van der Waals surface area contributed by atoms with Crippen LogP contribution in [0, 0.1) is 5.82 Å². The van der Waals surface area contributed by atoms with Crippen LogP contribution in [-0.4, -0.2) is 29.6 Å². The molecular weight excluding hydrogens is 331 g/mol. The molecule has 4 heteroatoms. The number of halogens is 2. The van der Waals surface area contributed by atoms with Gasteiger partial charge < -0.3 is 5.32 Å². The van der Waals surface area contributed by atoms with E-state index in [1.54, 1.807) is 6.07 Å². The Morgan fingerprint density at radius 3 is 2.81 bits per heavy atom. The van der Waals surface area contributed by atoms with Gasteiger partial charge >= 0.3 is 0 Å². The minimum atomic E-state index is -0.157. The predicted octanol–water partition coefficient (Wildman–Crippen LogP) is 4.08. The van der Waals surface area contributed by atoms with E-state index in [1.807, 2.05) is 6.07 Å². The fraction of sp³-hybridized carbons (Fsp3) is 0.647. The Balaban J connectivity index is 1.77. The minimum absolute atomic E-state index is 0.157. The van der Waals surface area contributed by atoms with Crippen LogP contribution in [0.4, 0.5) is 4.39 Å². The van der Waals surface area contributed by atoms with Crippen molar-refractivity contribution in [2.45, 2.75) is 57.2 Å². The smallest absolute Gasteiger partial charge is 0.124 e. The second kappa shape index (κ2) is 6.35. The van der Waals surface area contributed by atoms with Crippen LogP contribution in [0.5, 0.6) is 0 Å². The number of rotatable bonds is 2. The normalized spacial score (nSPS) is 26.1. The molecule has 1 unspecified atom stereocenters. The van der Waals surface area contributed by atoms with E-state index in [0.29, 0.717) is 11.6 Å². The van der Waals surface area contributed by atoms with Crippen molar-refractivity contribution in [1.82, 2.24) is 10.2 Å². The van der Waals surface area contributed by atoms with Crippen LogP contribution in [-0.2, 0) is 6.54 Å². The van der Waals surface area contributed by atoms with E-state index in [9.17, 15) is 4.39 Å². The molecule has 1 atom stereocenters. The molecule has 0 aromatic heterocycles. The summed E-state index contributed by atoms with van der Waals surface area (Å²) < 4.78 is 14.4. The van der Waals surface area contributed by atoms with Crippen molar-refractivity contribution in [3.8, 4) is 0 Å². The van der Waals surface area contributed by atoms with Gasteiger partial charge in [0.1, 0.15) is 5.82 Å². The predicted molar refractivity (Wildman–Crippen MR) is 87.8 cm³/mol. The number of benzene rings is 1. The van der Waals surface area contributed by atoms with Gasteiger partial charge in [-0.1, -0.05) is 28.8 Å². The zero-order valence-electron chi connectivity index (χ0n) is 12.7. The molecule has 0 amide bonds. The number of hydrogen-bond donors (Lipinski definition) is 1. The van der Waals surface area contributed by atoms with Crippen molar-refractivity contribution in [1.29, 1.82) is 0 Å². The summed E-state index contributed by atoms with van der Waals surface area (Å²) in [6, 6.07) is 5.77. The van der Waals surface area contributed by atoms with Crippen molar-refractivity contribution < 1.29 is 4.39 Å². The molecule has 3 rings (SSSR count). The zero-order chi connectivity index (χ0) is 14.9. The quantitative estimate of drug-likeness (QED) is 0.860. The molecular formula is C17H24BrFN2. The minimum Gasteiger partial charge on any atom is -0.310 e. The Morgan fingerprint density at radius 2 is 2.10 bits per heavy atom. The highest BCUT2D eigenvalue weighted by molar-refractivity contribution is 9.10. The lowest BCUT2D eigenvalue weighted by Crippen LogP contribution is -2.49. The molecule has 1 aromatic carbocycles. The first-order valence-electron chi connectivity index (χ1n) is 8.00. The van der Waals surface area contributed by atoms with Gasteiger partial charge in [-0.05, 0) is 56.5 Å². The highest BCUT2D eigenvalue weighted by Crippen LogP contribution is 2.33. The number of nitrogens with one attached hydrogen (secondary N) is 1. The van der Waals surface area contributed by atoms with Crippen molar-refractivity contribution in [3.05, 3.63) is 34.1 Å². The average Bonchev–Trinajstić information content (AvgIpc) is 2.79. The van der Waals surface area contributed by atoms with Crippen LogP contribution in [0.3, 0.4) is 0 Å². The van der Waals surface area contributed by atoms with Crippen LogP contribution in [0.15, 0.2) is 22.7 Å². The molecule has 1 heterocycles. The molecule has 1 N–H and O–H groups in total. The summed E-state index contributed by atoms with van der Waals surface area (Å²) >= 11 is 3.40. The largest absolute Gasteiger partial charge is 0.310 e. The monoisotopic (exact) mass is 354 g/mol. The molecule has 2 fully saturated rings. The van der Waals surface area contributed by atoms with Gasteiger partial charge in [-0.3, -0.25) is 4.90 Å². The second-order valence-electron chi connectivity index (χ2n) is 6.73.